The summed E-state index contributed by atoms with van der Waals surface area (Å²) in [5.74, 6) is 1.13. The van der Waals surface area contributed by atoms with Crippen LogP contribution in [0.2, 0.25) is 0 Å². The van der Waals surface area contributed by atoms with Gasteiger partial charge >= 0.3 is 8.80 Å². The van der Waals surface area contributed by atoms with E-state index in [2.05, 4.69) is 0 Å². The van der Waals surface area contributed by atoms with E-state index in [1.807, 2.05) is 68.4 Å². The summed E-state index contributed by atoms with van der Waals surface area (Å²) in [6.07, 6.45) is 0. The van der Waals surface area contributed by atoms with Crippen LogP contribution in [0.3, 0.4) is 0 Å². The lowest BCUT2D eigenvalue weighted by atomic mass is 10.2. The van der Waals surface area contributed by atoms with Gasteiger partial charge in [0.2, 0.25) is 0 Å². The lowest BCUT2D eigenvalue weighted by Gasteiger charge is -2.30. The second kappa shape index (κ2) is 8.34. The molecular formula is C17H21ClO3Si. The maximum atomic E-state index is 6.25. The van der Waals surface area contributed by atoms with E-state index in [0.29, 0.717) is 19.1 Å². The number of hydrogen-bond donors (Lipinski definition) is 0. The molecule has 118 valence electrons. The molecule has 0 aromatic heterocycles. The molecule has 22 heavy (non-hydrogen) atoms. The third kappa shape index (κ3) is 3.90. The van der Waals surface area contributed by atoms with Gasteiger partial charge in [-0.25, -0.2) is 0 Å². The lowest BCUT2D eigenvalue weighted by Crippen LogP contribution is -2.60. The predicted octanol–water partition coefficient (Wildman–Crippen LogP) is 3.72. The van der Waals surface area contributed by atoms with Crippen molar-refractivity contribution >= 4 is 25.6 Å². The second-order valence-electron chi connectivity index (χ2n) is 4.63. The quantitative estimate of drug-likeness (QED) is 0.543. The fraction of sp³-hybridized carbons (Fsp3) is 0.294. The van der Waals surface area contributed by atoms with Crippen LogP contribution in [0.25, 0.3) is 0 Å². The van der Waals surface area contributed by atoms with Crippen LogP contribution in [0, 0.1) is 0 Å². The van der Waals surface area contributed by atoms with Gasteiger partial charge in [0, 0.05) is 24.3 Å². The van der Waals surface area contributed by atoms with Crippen molar-refractivity contribution in [1.82, 2.24) is 0 Å². The summed E-state index contributed by atoms with van der Waals surface area (Å²) in [7, 11) is -3.06. The zero-order valence-electron chi connectivity index (χ0n) is 12.9. The van der Waals surface area contributed by atoms with E-state index in [0.717, 1.165) is 16.5 Å². The van der Waals surface area contributed by atoms with Crippen molar-refractivity contribution in [2.24, 2.45) is 0 Å². The van der Waals surface area contributed by atoms with Crippen LogP contribution in [0.15, 0.2) is 54.6 Å². The molecule has 0 radical (unpaired) electrons. The molecule has 0 atom stereocenters. The Morgan fingerprint density at radius 3 is 2.05 bits per heavy atom. The van der Waals surface area contributed by atoms with E-state index in [9.17, 15) is 0 Å². The van der Waals surface area contributed by atoms with E-state index in [4.69, 9.17) is 24.9 Å². The fourth-order valence-corrected chi connectivity index (χ4v) is 5.31. The molecule has 5 heteroatoms. The molecule has 0 fully saturated rings. The van der Waals surface area contributed by atoms with Crippen LogP contribution in [0.4, 0.5) is 0 Å². The van der Waals surface area contributed by atoms with Crippen LogP contribution in [0.5, 0.6) is 5.75 Å². The molecule has 0 bridgehead atoms. The normalized spacial score (nSPS) is 11.4. The first kappa shape index (κ1) is 17.0. The summed E-state index contributed by atoms with van der Waals surface area (Å²) >= 11 is 6.10. The van der Waals surface area contributed by atoms with E-state index in [1.165, 1.54) is 0 Å². The molecule has 0 amide bonds. The van der Waals surface area contributed by atoms with Crippen LogP contribution >= 0.6 is 11.6 Å². The Labute approximate surface area is 138 Å². The minimum absolute atomic E-state index is 0.392. The van der Waals surface area contributed by atoms with E-state index in [1.54, 1.807) is 0 Å². The molecule has 2 rings (SSSR count). The number of hydrogen-bond acceptors (Lipinski definition) is 3. The molecule has 0 aliphatic heterocycles. The van der Waals surface area contributed by atoms with Gasteiger partial charge in [-0.15, -0.1) is 11.6 Å². The third-order valence-corrected chi connectivity index (χ3v) is 6.43. The fourth-order valence-electron chi connectivity index (χ4n) is 2.27. The Kier molecular flexibility index (Phi) is 6.45. The standard InChI is InChI=1S/C17H21ClO3Si/c1-3-19-22(20-4-2,21-16-11-6-5-7-12-16)17-13-9-8-10-15(17)14-18/h5-13H,3-4,14H2,1-2H3. The first-order chi connectivity index (χ1) is 10.8. The topological polar surface area (TPSA) is 27.7 Å². The highest BCUT2D eigenvalue weighted by Crippen LogP contribution is 2.20. The first-order valence-electron chi connectivity index (χ1n) is 7.42. The number of halogens is 1. The largest absolute Gasteiger partial charge is 0.603 e. The summed E-state index contributed by atoms with van der Waals surface area (Å²) in [5, 5.41) is 0.928. The van der Waals surface area contributed by atoms with Crippen molar-refractivity contribution in [3.05, 3.63) is 60.2 Å². The number of alkyl halides is 1. The molecular weight excluding hydrogens is 316 g/mol. The van der Waals surface area contributed by atoms with Crippen molar-refractivity contribution in [3.63, 3.8) is 0 Å². The van der Waals surface area contributed by atoms with Crippen molar-refractivity contribution in [2.45, 2.75) is 19.7 Å². The average Bonchev–Trinajstić information content (AvgIpc) is 2.56. The van der Waals surface area contributed by atoms with Gasteiger partial charge < -0.3 is 13.3 Å². The molecule has 0 spiro atoms. The van der Waals surface area contributed by atoms with Gasteiger partial charge in [0.15, 0.2) is 0 Å². The van der Waals surface area contributed by atoms with Crippen molar-refractivity contribution in [3.8, 4) is 5.75 Å². The molecule has 0 saturated heterocycles. The van der Waals surface area contributed by atoms with Crippen molar-refractivity contribution in [1.29, 1.82) is 0 Å². The maximum absolute atomic E-state index is 6.25. The van der Waals surface area contributed by atoms with Gasteiger partial charge in [0.1, 0.15) is 5.75 Å². The van der Waals surface area contributed by atoms with Gasteiger partial charge in [0.25, 0.3) is 0 Å². The molecule has 0 unspecified atom stereocenters. The molecule has 2 aromatic rings. The van der Waals surface area contributed by atoms with E-state index < -0.39 is 8.80 Å². The van der Waals surface area contributed by atoms with Crippen LogP contribution in [-0.4, -0.2) is 22.0 Å². The highest BCUT2D eigenvalue weighted by Gasteiger charge is 2.47. The van der Waals surface area contributed by atoms with Crippen molar-refractivity contribution in [2.75, 3.05) is 13.2 Å². The number of benzene rings is 2. The van der Waals surface area contributed by atoms with Crippen LogP contribution in [0.1, 0.15) is 19.4 Å². The smallest absolute Gasteiger partial charge is 0.498 e. The van der Waals surface area contributed by atoms with Gasteiger partial charge in [-0.1, -0.05) is 42.5 Å². The lowest BCUT2D eigenvalue weighted by molar-refractivity contribution is 0.131. The summed E-state index contributed by atoms with van der Waals surface area (Å²) in [6, 6.07) is 17.5. The molecule has 0 N–H and O–H groups in total. The number of rotatable bonds is 8. The van der Waals surface area contributed by atoms with E-state index >= 15 is 0 Å². The Morgan fingerprint density at radius 2 is 1.45 bits per heavy atom. The second-order valence-corrected chi connectivity index (χ2v) is 7.33. The summed E-state index contributed by atoms with van der Waals surface area (Å²) in [4.78, 5) is 0. The minimum Gasteiger partial charge on any atom is -0.498 e. The maximum Gasteiger partial charge on any atom is 0.603 e. The summed E-state index contributed by atoms with van der Waals surface area (Å²) in [6.45, 7) is 4.90. The molecule has 0 aliphatic rings. The Balaban J connectivity index is 2.48. The predicted molar refractivity (Wildman–Crippen MR) is 91.7 cm³/mol. The average molecular weight is 337 g/mol. The van der Waals surface area contributed by atoms with Gasteiger partial charge in [-0.3, -0.25) is 0 Å². The van der Waals surface area contributed by atoms with Crippen molar-refractivity contribution < 1.29 is 13.3 Å². The molecule has 0 aliphatic carbocycles. The first-order valence-corrected chi connectivity index (χ1v) is 9.68. The van der Waals surface area contributed by atoms with Gasteiger partial charge in [0.05, 0.1) is 0 Å². The van der Waals surface area contributed by atoms with Gasteiger partial charge in [-0.2, -0.15) is 0 Å². The summed E-state index contributed by atoms with van der Waals surface area (Å²) in [5.41, 5.74) is 0.980. The molecule has 2 aromatic carbocycles. The Hall–Kier alpha value is -1.33. The zero-order valence-corrected chi connectivity index (χ0v) is 14.7. The molecule has 0 heterocycles. The Bertz CT molecular complexity index is 571. The molecule has 3 nitrogen and oxygen atoms in total. The zero-order chi connectivity index (χ0) is 15.8. The highest BCUT2D eigenvalue weighted by atomic mass is 35.5. The van der Waals surface area contributed by atoms with E-state index in [-0.39, 0.29) is 0 Å². The van der Waals surface area contributed by atoms with Crippen LogP contribution < -0.4 is 9.61 Å². The third-order valence-electron chi connectivity index (χ3n) is 3.16. The monoisotopic (exact) mass is 336 g/mol. The van der Waals surface area contributed by atoms with Gasteiger partial charge in [-0.05, 0) is 31.5 Å². The van der Waals surface area contributed by atoms with Crippen LogP contribution in [-0.2, 0) is 14.7 Å². The Morgan fingerprint density at radius 1 is 0.864 bits per heavy atom. The minimum atomic E-state index is -3.06. The number of para-hydroxylation sites is 1. The highest BCUT2D eigenvalue weighted by molar-refractivity contribution is 6.76. The SMILES string of the molecule is CCO[Si](OCC)(Oc1ccccc1)c1ccccc1CCl. The summed E-state index contributed by atoms with van der Waals surface area (Å²) < 4.78 is 18.3. The molecule has 0 saturated carbocycles.